The molecule has 4 heteroatoms. The molecule has 0 aliphatic carbocycles. The van der Waals surface area contributed by atoms with E-state index in [1.807, 2.05) is 0 Å². The van der Waals surface area contributed by atoms with Gasteiger partial charge in [0.1, 0.15) is 5.75 Å². The zero-order valence-electron chi connectivity index (χ0n) is 15.9. The van der Waals surface area contributed by atoms with Gasteiger partial charge in [0.25, 0.3) is 0 Å². The minimum Gasteiger partial charge on any atom is -0.493 e. The van der Waals surface area contributed by atoms with Gasteiger partial charge in [0.2, 0.25) is 0 Å². The van der Waals surface area contributed by atoms with Crippen molar-refractivity contribution in [1.29, 1.82) is 0 Å². The number of hydrogen-bond donors (Lipinski definition) is 1. The van der Waals surface area contributed by atoms with E-state index in [1.54, 1.807) is 12.3 Å². The Hall–Kier alpha value is -3.14. The van der Waals surface area contributed by atoms with Crippen LogP contribution in [0.15, 0.2) is 60.9 Å². The number of fused-ring (bicyclic) bond motifs is 1. The second-order valence-corrected chi connectivity index (χ2v) is 7.33. The minimum absolute atomic E-state index is 0.345. The van der Waals surface area contributed by atoms with Gasteiger partial charge in [-0.05, 0) is 66.5 Å². The van der Waals surface area contributed by atoms with Gasteiger partial charge in [-0.15, -0.1) is 0 Å². The molecule has 1 aliphatic rings. The third kappa shape index (κ3) is 3.77. The Morgan fingerprint density at radius 3 is 2.86 bits per heavy atom. The van der Waals surface area contributed by atoms with Gasteiger partial charge in [0, 0.05) is 12.4 Å². The van der Waals surface area contributed by atoms with Crippen molar-refractivity contribution >= 4 is 5.97 Å². The van der Waals surface area contributed by atoms with Gasteiger partial charge in [0.05, 0.1) is 12.2 Å². The molecule has 2 aromatic carbocycles. The SMILES string of the molecule is Cc1cccc(-c2ccc3c(c2)OCC[C@H]3CCc2cnccc2C(=O)O)c1. The van der Waals surface area contributed by atoms with Crippen LogP contribution >= 0.6 is 0 Å². The van der Waals surface area contributed by atoms with Gasteiger partial charge < -0.3 is 9.84 Å². The smallest absolute Gasteiger partial charge is 0.336 e. The van der Waals surface area contributed by atoms with Crippen LogP contribution in [0.25, 0.3) is 11.1 Å². The molecule has 0 fully saturated rings. The Morgan fingerprint density at radius 1 is 1.18 bits per heavy atom. The van der Waals surface area contributed by atoms with E-state index in [0.717, 1.165) is 29.7 Å². The first-order valence-electron chi connectivity index (χ1n) is 9.62. The molecule has 0 saturated heterocycles. The third-order valence-corrected chi connectivity index (χ3v) is 5.42. The largest absolute Gasteiger partial charge is 0.493 e. The Kier molecular flexibility index (Phi) is 5.11. The molecule has 0 spiro atoms. The Labute approximate surface area is 164 Å². The summed E-state index contributed by atoms with van der Waals surface area (Å²) in [4.78, 5) is 15.5. The van der Waals surface area contributed by atoms with Crippen molar-refractivity contribution in [3.8, 4) is 16.9 Å². The summed E-state index contributed by atoms with van der Waals surface area (Å²) in [7, 11) is 0. The van der Waals surface area contributed by atoms with E-state index in [1.165, 1.54) is 22.9 Å². The molecule has 0 radical (unpaired) electrons. The number of carboxylic acid groups (broad SMARTS) is 1. The summed E-state index contributed by atoms with van der Waals surface area (Å²) < 4.78 is 5.95. The number of aromatic nitrogens is 1. The minimum atomic E-state index is -0.896. The summed E-state index contributed by atoms with van der Waals surface area (Å²) in [6.45, 7) is 2.78. The molecule has 1 aliphatic heterocycles. The van der Waals surface area contributed by atoms with Gasteiger partial charge >= 0.3 is 5.97 Å². The van der Waals surface area contributed by atoms with Crippen molar-refractivity contribution in [2.75, 3.05) is 6.61 Å². The summed E-state index contributed by atoms with van der Waals surface area (Å²) in [5.74, 6) is 0.407. The summed E-state index contributed by atoms with van der Waals surface area (Å²) >= 11 is 0. The highest BCUT2D eigenvalue weighted by Gasteiger charge is 2.22. The number of hydrogen-bond acceptors (Lipinski definition) is 3. The normalized spacial score (nSPS) is 15.5. The number of carbonyl (C=O) groups is 1. The van der Waals surface area contributed by atoms with E-state index in [4.69, 9.17) is 4.74 Å². The van der Waals surface area contributed by atoms with Crippen molar-refractivity contribution in [3.63, 3.8) is 0 Å². The van der Waals surface area contributed by atoms with Crippen molar-refractivity contribution in [1.82, 2.24) is 4.98 Å². The molecular weight excluding hydrogens is 350 g/mol. The first kappa shape index (κ1) is 18.2. The molecule has 1 N–H and O–H groups in total. The zero-order valence-corrected chi connectivity index (χ0v) is 15.9. The average molecular weight is 373 g/mol. The fourth-order valence-electron chi connectivity index (χ4n) is 3.93. The molecular formula is C24H23NO3. The van der Waals surface area contributed by atoms with E-state index in [9.17, 15) is 9.90 Å². The summed E-state index contributed by atoms with van der Waals surface area (Å²) in [5.41, 5.74) is 5.93. The molecule has 28 heavy (non-hydrogen) atoms. The molecule has 4 rings (SSSR count). The number of nitrogens with zero attached hydrogens (tertiary/aromatic N) is 1. The molecule has 2 heterocycles. The maximum Gasteiger partial charge on any atom is 0.336 e. The zero-order chi connectivity index (χ0) is 19.5. The molecule has 1 atom stereocenters. The van der Waals surface area contributed by atoms with Crippen LogP contribution in [0.5, 0.6) is 5.75 Å². The van der Waals surface area contributed by atoms with Crippen molar-refractivity contribution in [2.24, 2.45) is 0 Å². The lowest BCUT2D eigenvalue weighted by molar-refractivity contribution is 0.0695. The van der Waals surface area contributed by atoms with E-state index in [-0.39, 0.29) is 0 Å². The second-order valence-electron chi connectivity index (χ2n) is 7.33. The molecule has 0 bridgehead atoms. The highest BCUT2D eigenvalue weighted by molar-refractivity contribution is 5.89. The Balaban J connectivity index is 1.55. The standard InChI is InChI=1S/C24H23NO3/c1-16-3-2-4-18(13-16)19-7-8-21-17(10-12-28-23(21)14-19)5-6-20-15-25-11-9-22(20)24(26)27/h2-4,7-9,11,13-15,17H,5-6,10,12H2,1H3,(H,26,27)/t17-/m1/s1. The number of rotatable bonds is 5. The molecule has 0 saturated carbocycles. The third-order valence-electron chi connectivity index (χ3n) is 5.42. The van der Waals surface area contributed by atoms with Crippen molar-refractivity contribution in [2.45, 2.75) is 32.1 Å². The number of benzene rings is 2. The number of carboxylic acids is 1. The van der Waals surface area contributed by atoms with Crippen LogP contribution in [0, 0.1) is 6.92 Å². The molecule has 0 amide bonds. The fourth-order valence-corrected chi connectivity index (χ4v) is 3.93. The lowest BCUT2D eigenvalue weighted by Gasteiger charge is -2.26. The number of aryl methyl sites for hydroxylation is 2. The van der Waals surface area contributed by atoms with Crippen molar-refractivity contribution in [3.05, 3.63) is 83.2 Å². The lowest BCUT2D eigenvalue weighted by atomic mass is 9.86. The summed E-state index contributed by atoms with van der Waals surface area (Å²) in [6, 6.07) is 16.5. The molecule has 4 nitrogen and oxygen atoms in total. The van der Waals surface area contributed by atoms with Gasteiger partial charge in [-0.1, -0.05) is 42.0 Å². The monoisotopic (exact) mass is 373 g/mol. The van der Waals surface area contributed by atoms with Gasteiger partial charge in [0.15, 0.2) is 0 Å². The number of pyridine rings is 1. The van der Waals surface area contributed by atoms with Crippen LogP contribution in [0.2, 0.25) is 0 Å². The predicted molar refractivity (Wildman–Crippen MR) is 109 cm³/mol. The quantitative estimate of drug-likeness (QED) is 0.663. The van der Waals surface area contributed by atoms with Crippen LogP contribution in [0.4, 0.5) is 0 Å². The maximum absolute atomic E-state index is 11.4. The van der Waals surface area contributed by atoms with Crippen LogP contribution in [-0.2, 0) is 6.42 Å². The van der Waals surface area contributed by atoms with E-state index in [2.05, 4.69) is 54.4 Å². The summed E-state index contributed by atoms with van der Waals surface area (Å²) in [6.07, 6.45) is 5.72. The van der Waals surface area contributed by atoms with E-state index in [0.29, 0.717) is 24.5 Å². The van der Waals surface area contributed by atoms with Gasteiger partial charge in [-0.2, -0.15) is 0 Å². The van der Waals surface area contributed by atoms with Crippen LogP contribution in [0.1, 0.15) is 45.8 Å². The molecule has 1 aromatic heterocycles. The highest BCUT2D eigenvalue weighted by Crippen LogP contribution is 2.39. The van der Waals surface area contributed by atoms with E-state index >= 15 is 0 Å². The Morgan fingerprint density at radius 2 is 2.04 bits per heavy atom. The first-order valence-corrected chi connectivity index (χ1v) is 9.62. The van der Waals surface area contributed by atoms with Gasteiger partial charge in [-0.25, -0.2) is 4.79 Å². The van der Waals surface area contributed by atoms with Crippen LogP contribution in [0.3, 0.4) is 0 Å². The predicted octanol–water partition coefficient (Wildman–Crippen LogP) is 5.25. The summed E-state index contributed by atoms with van der Waals surface area (Å²) in [5, 5.41) is 9.37. The van der Waals surface area contributed by atoms with E-state index < -0.39 is 5.97 Å². The topological polar surface area (TPSA) is 59.4 Å². The lowest BCUT2D eigenvalue weighted by Crippen LogP contribution is -2.15. The maximum atomic E-state index is 11.4. The molecule has 3 aromatic rings. The molecule has 0 unspecified atom stereocenters. The molecule has 142 valence electrons. The fraction of sp³-hybridized carbons (Fsp3) is 0.250. The first-order chi connectivity index (χ1) is 13.6. The Bertz CT molecular complexity index is 1010. The van der Waals surface area contributed by atoms with Crippen molar-refractivity contribution < 1.29 is 14.6 Å². The average Bonchev–Trinajstić information content (AvgIpc) is 2.72. The number of aromatic carboxylic acids is 1. The van der Waals surface area contributed by atoms with Crippen LogP contribution in [-0.4, -0.2) is 22.7 Å². The highest BCUT2D eigenvalue weighted by atomic mass is 16.5. The number of ether oxygens (including phenoxy) is 1. The van der Waals surface area contributed by atoms with Crippen LogP contribution < -0.4 is 4.74 Å². The second kappa shape index (κ2) is 7.85. The van der Waals surface area contributed by atoms with Gasteiger partial charge in [-0.3, -0.25) is 4.98 Å².